The SMILES string of the molecule is CNC(=O)C1CN(CC2(OC)CCCCCC2)CCO1. The topological polar surface area (TPSA) is 50.8 Å². The van der Waals surface area contributed by atoms with Crippen molar-refractivity contribution in [2.75, 3.05) is 40.4 Å². The Morgan fingerprint density at radius 2 is 2.05 bits per heavy atom. The fourth-order valence-electron chi connectivity index (χ4n) is 3.37. The van der Waals surface area contributed by atoms with Crippen LogP contribution in [0.15, 0.2) is 0 Å². The lowest BCUT2D eigenvalue weighted by atomic mass is 9.93. The zero-order valence-electron chi connectivity index (χ0n) is 12.8. The molecule has 1 N–H and O–H groups in total. The number of ether oxygens (including phenoxy) is 2. The number of hydrogen-bond donors (Lipinski definition) is 1. The summed E-state index contributed by atoms with van der Waals surface area (Å²) in [5.41, 5.74) is -0.0267. The number of nitrogens with one attached hydrogen (secondary N) is 1. The van der Waals surface area contributed by atoms with Gasteiger partial charge >= 0.3 is 0 Å². The highest BCUT2D eigenvalue weighted by Crippen LogP contribution is 2.31. The molecule has 0 aromatic rings. The van der Waals surface area contributed by atoms with E-state index < -0.39 is 0 Å². The van der Waals surface area contributed by atoms with Crippen molar-refractivity contribution in [1.29, 1.82) is 0 Å². The van der Waals surface area contributed by atoms with E-state index in [0.29, 0.717) is 13.2 Å². The minimum absolute atomic E-state index is 0.0259. The van der Waals surface area contributed by atoms with Crippen LogP contribution in [-0.4, -0.2) is 62.9 Å². The highest BCUT2D eigenvalue weighted by molar-refractivity contribution is 5.80. The van der Waals surface area contributed by atoms with Crippen molar-refractivity contribution in [3.8, 4) is 0 Å². The molecule has 0 bridgehead atoms. The third kappa shape index (κ3) is 3.93. The zero-order chi connectivity index (χ0) is 14.4. The van der Waals surface area contributed by atoms with E-state index in [1.807, 2.05) is 7.11 Å². The highest BCUT2D eigenvalue weighted by atomic mass is 16.5. The fraction of sp³-hybridized carbons (Fsp3) is 0.933. The maximum Gasteiger partial charge on any atom is 0.250 e. The smallest absolute Gasteiger partial charge is 0.250 e. The van der Waals surface area contributed by atoms with Crippen LogP contribution in [-0.2, 0) is 14.3 Å². The van der Waals surface area contributed by atoms with Gasteiger partial charge in [-0.25, -0.2) is 0 Å². The van der Waals surface area contributed by atoms with Crippen LogP contribution in [0.2, 0.25) is 0 Å². The summed E-state index contributed by atoms with van der Waals surface area (Å²) in [4.78, 5) is 14.0. The molecule has 1 aliphatic carbocycles. The summed E-state index contributed by atoms with van der Waals surface area (Å²) in [6.45, 7) is 3.10. The van der Waals surface area contributed by atoms with Crippen molar-refractivity contribution in [1.82, 2.24) is 10.2 Å². The molecule has 0 radical (unpaired) electrons. The predicted molar refractivity (Wildman–Crippen MR) is 77.7 cm³/mol. The van der Waals surface area contributed by atoms with Gasteiger partial charge in [0.2, 0.25) is 5.91 Å². The van der Waals surface area contributed by atoms with E-state index >= 15 is 0 Å². The molecule has 116 valence electrons. The summed E-state index contributed by atoms with van der Waals surface area (Å²) in [7, 11) is 3.49. The standard InChI is InChI=1S/C15H28N2O3/c1-16-14(18)13-11-17(9-10-20-13)12-15(19-2)7-5-3-4-6-8-15/h13H,3-12H2,1-2H3,(H,16,18). The number of nitrogens with zero attached hydrogens (tertiary/aromatic N) is 1. The second-order valence-corrected chi connectivity index (χ2v) is 6.01. The van der Waals surface area contributed by atoms with Crippen molar-refractivity contribution >= 4 is 5.91 Å². The first-order valence-electron chi connectivity index (χ1n) is 7.80. The Balaban J connectivity index is 1.94. The van der Waals surface area contributed by atoms with Crippen LogP contribution in [0.1, 0.15) is 38.5 Å². The Kier molecular flexibility index (Phi) is 5.81. The molecule has 1 atom stereocenters. The number of methoxy groups -OCH3 is 1. The van der Waals surface area contributed by atoms with Crippen LogP contribution in [0.3, 0.4) is 0 Å². The van der Waals surface area contributed by atoms with Crippen LogP contribution in [0.5, 0.6) is 0 Å². The van der Waals surface area contributed by atoms with E-state index in [0.717, 1.165) is 25.9 Å². The van der Waals surface area contributed by atoms with Crippen LogP contribution >= 0.6 is 0 Å². The first-order chi connectivity index (χ1) is 9.69. The molecule has 1 saturated heterocycles. The fourth-order valence-corrected chi connectivity index (χ4v) is 3.37. The summed E-state index contributed by atoms with van der Waals surface area (Å²) in [6, 6.07) is 0. The minimum atomic E-state index is -0.339. The highest BCUT2D eigenvalue weighted by Gasteiger charge is 2.35. The van der Waals surface area contributed by atoms with Crippen molar-refractivity contribution in [2.45, 2.75) is 50.2 Å². The molecule has 2 fully saturated rings. The Hall–Kier alpha value is -0.650. The molecule has 1 aliphatic heterocycles. The maximum atomic E-state index is 11.7. The Morgan fingerprint density at radius 1 is 1.35 bits per heavy atom. The largest absolute Gasteiger partial charge is 0.377 e. The molecule has 5 nitrogen and oxygen atoms in total. The number of amides is 1. The van der Waals surface area contributed by atoms with Crippen molar-refractivity contribution < 1.29 is 14.3 Å². The van der Waals surface area contributed by atoms with Gasteiger partial charge in [-0.05, 0) is 12.8 Å². The summed E-state index contributed by atoms with van der Waals surface area (Å²) >= 11 is 0. The Morgan fingerprint density at radius 3 is 2.65 bits per heavy atom. The quantitative estimate of drug-likeness (QED) is 0.788. The predicted octanol–water partition coefficient (Wildman–Crippen LogP) is 1.17. The van der Waals surface area contributed by atoms with E-state index in [9.17, 15) is 4.79 Å². The normalized spacial score (nSPS) is 27.8. The lowest BCUT2D eigenvalue weighted by molar-refractivity contribution is -0.141. The van der Waals surface area contributed by atoms with E-state index in [2.05, 4.69) is 10.2 Å². The van der Waals surface area contributed by atoms with E-state index in [-0.39, 0.29) is 17.6 Å². The summed E-state index contributed by atoms with van der Waals surface area (Å²) in [5, 5.41) is 2.67. The lowest BCUT2D eigenvalue weighted by Gasteiger charge is -2.40. The van der Waals surface area contributed by atoms with Gasteiger partial charge in [0.25, 0.3) is 0 Å². The molecule has 0 aromatic carbocycles. The van der Waals surface area contributed by atoms with E-state index in [4.69, 9.17) is 9.47 Å². The molecule has 2 rings (SSSR count). The third-order valence-electron chi connectivity index (χ3n) is 4.65. The third-order valence-corrected chi connectivity index (χ3v) is 4.65. The number of likely N-dealkylation sites (N-methyl/N-ethyl adjacent to an activating group) is 1. The first-order valence-corrected chi connectivity index (χ1v) is 7.80. The summed E-state index contributed by atoms with van der Waals surface area (Å²) in [6.07, 6.45) is 7.04. The van der Waals surface area contributed by atoms with Crippen LogP contribution in [0.4, 0.5) is 0 Å². The van der Waals surface area contributed by atoms with Gasteiger partial charge in [0, 0.05) is 33.8 Å². The summed E-state index contributed by atoms with van der Waals surface area (Å²) < 4.78 is 11.4. The Labute approximate surface area is 122 Å². The minimum Gasteiger partial charge on any atom is -0.377 e. The average Bonchev–Trinajstić information content (AvgIpc) is 2.73. The van der Waals surface area contributed by atoms with Gasteiger partial charge in [-0.15, -0.1) is 0 Å². The first kappa shape index (κ1) is 15.7. The van der Waals surface area contributed by atoms with Gasteiger partial charge in [-0.3, -0.25) is 9.69 Å². The second kappa shape index (κ2) is 7.38. The molecule has 0 spiro atoms. The molecule has 2 aliphatic rings. The van der Waals surface area contributed by atoms with Gasteiger partial charge in [0.05, 0.1) is 12.2 Å². The molecule has 0 aromatic heterocycles. The molecule has 1 heterocycles. The number of carbonyl (C=O) groups excluding carboxylic acids is 1. The van der Waals surface area contributed by atoms with Crippen molar-refractivity contribution in [2.24, 2.45) is 0 Å². The van der Waals surface area contributed by atoms with Gasteiger partial charge in [0.1, 0.15) is 6.10 Å². The second-order valence-electron chi connectivity index (χ2n) is 6.01. The van der Waals surface area contributed by atoms with Crippen molar-refractivity contribution in [3.63, 3.8) is 0 Å². The molecule has 5 heteroatoms. The monoisotopic (exact) mass is 284 g/mol. The molecule has 1 amide bonds. The molecular weight excluding hydrogens is 256 g/mol. The van der Waals surface area contributed by atoms with Gasteiger partial charge in [-0.1, -0.05) is 25.7 Å². The number of carbonyl (C=O) groups is 1. The van der Waals surface area contributed by atoms with Crippen LogP contribution in [0, 0.1) is 0 Å². The molecule has 1 saturated carbocycles. The van der Waals surface area contributed by atoms with Gasteiger partial charge in [0.15, 0.2) is 0 Å². The number of morpholine rings is 1. The van der Waals surface area contributed by atoms with E-state index in [1.165, 1.54) is 25.7 Å². The van der Waals surface area contributed by atoms with Gasteiger partial charge < -0.3 is 14.8 Å². The summed E-state index contributed by atoms with van der Waals surface area (Å²) in [5.74, 6) is -0.0259. The van der Waals surface area contributed by atoms with Crippen LogP contribution in [0.25, 0.3) is 0 Å². The van der Waals surface area contributed by atoms with Crippen LogP contribution < -0.4 is 5.32 Å². The number of hydrogen-bond acceptors (Lipinski definition) is 4. The molecule has 1 unspecified atom stereocenters. The van der Waals surface area contributed by atoms with E-state index in [1.54, 1.807) is 7.05 Å². The average molecular weight is 284 g/mol. The maximum absolute atomic E-state index is 11.7. The zero-order valence-corrected chi connectivity index (χ0v) is 12.8. The Bertz CT molecular complexity index is 314. The molecular formula is C15H28N2O3. The lowest BCUT2D eigenvalue weighted by Crippen LogP contribution is -2.54. The molecule has 20 heavy (non-hydrogen) atoms. The van der Waals surface area contributed by atoms with Crippen molar-refractivity contribution in [3.05, 3.63) is 0 Å². The number of rotatable bonds is 4. The van der Waals surface area contributed by atoms with Gasteiger partial charge in [-0.2, -0.15) is 0 Å².